The highest BCUT2D eigenvalue weighted by atomic mass is 32.2. The molecule has 35 heavy (non-hydrogen) atoms. The minimum absolute atomic E-state index is 0.121. The van der Waals surface area contributed by atoms with Gasteiger partial charge in [-0.15, -0.1) is 0 Å². The van der Waals surface area contributed by atoms with Gasteiger partial charge in [-0.2, -0.15) is 8.42 Å². The number of carbonyl (C=O) groups excluding carboxylic acids is 1. The van der Waals surface area contributed by atoms with Gasteiger partial charge in [0, 0.05) is 22.4 Å². The minimum atomic E-state index is -4.05. The summed E-state index contributed by atoms with van der Waals surface area (Å²) in [5.74, 6) is 0.584. The molecule has 7 nitrogen and oxygen atoms in total. The number of rotatable bonds is 4. The third kappa shape index (κ3) is 5.55. The Labute approximate surface area is 204 Å². The average Bonchev–Trinajstić information content (AvgIpc) is 3.38. The third-order valence-corrected chi connectivity index (χ3v) is 7.01. The fourth-order valence-corrected chi connectivity index (χ4v) is 4.19. The van der Waals surface area contributed by atoms with E-state index in [1.165, 1.54) is 6.92 Å². The van der Waals surface area contributed by atoms with Crippen molar-refractivity contribution < 1.29 is 31.7 Å². The third-order valence-electron chi connectivity index (χ3n) is 5.84. The van der Waals surface area contributed by atoms with E-state index in [2.05, 4.69) is 0 Å². The van der Waals surface area contributed by atoms with Gasteiger partial charge in [-0.1, -0.05) is 62.4 Å². The molecule has 0 saturated carbocycles. The quantitative estimate of drug-likeness (QED) is 0.276. The summed E-state index contributed by atoms with van der Waals surface area (Å²) >= 11 is 0. The monoisotopic (exact) mass is 494 g/mol. The summed E-state index contributed by atoms with van der Waals surface area (Å²) in [6.45, 7) is 6.15. The zero-order chi connectivity index (χ0) is 25.2. The summed E-state index contributed by atoms with van der Waals surface area (Å²) in [6, 6.07) is 23.3. The zero-order valence-corrected chi connectivity index (χ0v) is 20.4. The molecule has 2 heterocycles. The van der Waals surface area contributed by atoms with E-state index in [9.17, 15) is 13.2 Å². The topological polar surface area (TPSA) is 103 Å². The van der Waals surface area contributed by atoms with Crippen LogP contribution in [0.3, 0.4) is 0 Å². The van der Waals surface area contributed by atoms with Crippen LogP contribution in [0.4, 0.5) is 0 Å². The van der Waals surface area contributed by atoms with Crippen molar-refractivity contribution in [2.24, 2.45) is 0 Å². The Kier molecular flexibility index (Phi) is 6.69. The highest BCUT2D eigenvalue weighted by molar-refractivity contribution is 7.86. The molecule has 1 aromatic heterocycles. The Morgan fingerprint density at radius 1 is 1.00 bits per heavy atom. The molecule has 1 aliphatic heterocycles. The molecule has 0 radical (unpaired) electrons. The highest BCUT2D eigenvalue weighted by Crippen LogP contribution is 2.40. The van der Waals surface area contributed by atoms with E-state index < -0.39 is 21.3 Å². The lowest BCUT2D eigenvalue weighted by Gasteiger charge is -2.17. The van der Waals surface area contributed by atoms with Crippen molar-refractivity contribution in [1.82, 2.24) is 0 Å². The van der Waals surface area contributed by atoms with Crippen molar-refractivity contribution in [1.29, 1.82) is 0 Å². The summed E-state index contributed by atoms with van der Waals surface area (Å²) in [7, 11) is -4.05. The van der Waals surface area contributed by atoms with Gasteiger partial charge in [-0.3, -0.25) is 4.55 Å². The van der Waals surface area contributed by atoms with E-state index in [0.717, 1.165) is 16.7 Å². The van der Waals surface area contributed by atoms with E-state index >= 15 is 0 Å². The molecular weight excluding hydrogens is 468 g/mol. The van der Waals surface area contributed by atoms with Crippen LogP contribution in [0.1, 0.15) is 47.5 Å². The standard InChI is InChI=1S/C15H10O3.C12H16O4S/c16-15(11-6-2-1-3-7-11)18-14-10-12-8-4-5-9-13(12)17-14;1-8(17(13,14)15)9-4-5-11-10(6-9)12(2,3)7-16-11/h1-10H;4-6,8H,7H2,1-3H3,(H,13,14,15). The lowest BCUT2D eigenvalue weighted by atomic mass is 9.86. The van der Waals surface area contributed by atoms with Crippen molar-refractivity contribution in [3.05, 3.63) is 95.6 Å². The van der Waals surface area contributed by atoms with Gasteiger partial charge in [0.1, 0.15) is 16.6 Å². The molecule has 0 fully saturated rings. The Morgan fingerprint density at radius 3 is 2.37 bits per heavy atom. The largest absolute Gasteiger partial charge is 0.492 e. The number of carbonyl (C=O) groups is 1. The van der Waals surface area contributed by atoms with Crippen LogP contribution in [-0.4, -0.2) is 25.5 Å². The number of esters is 1. The lowest BCUT2D eigenvalue weighted by molar-refractivity contribution is 0.0697. The van der Waals surface area contributed by atoms with Crippen LogP contribution in [0.2, 0.25) is 0 Å². The molecule has 1 aliphatic rings. The fraction of sp³-hybridized carbons (Fsp3) is 0.222. The van der Waals surface area contributed by atoms with Crippen LogP contribution in [-0.2, 0) is 15.5 Å². The van der Waals surface area contributed by atoms with E-state index in [1.54, 1.807) is 48.5 Å². The zero-order valence-electron chi connectivity index (χ0n) is 19.6. The van der Waals surface area contributed by atoms with Gasteiger partial charge in [0.2, 0.25) is 0 Å². The van der Waals surface area contributed by atoms with Crippen molar-refractivity contribution in [2.45, 2.75) is 31.4 Å². The fourth-order valence-electron chi connectivity index (χ4n) is 3.70. The number of hydrogen-bond donors (Lipinski definition) is 1. The Hall–Kier alpha value is -3.62. The van der Waals surface area contributed by atoms with E-state index in [1.807, 2.05) is 44.2 Å². The smallest absolute Gasteiger partial charge is 0.345 e. The van der Waals surface area contributed by atoms with Crippen LogP contribution >= 0.6 is 0 Å². The van der Waals surface area contributed by atoms with Crippen molar-refractivity contribution in [3.8, 4) is 11.7 Å². The van der Waals surface area contributed by atoms with E-state index in [-0.39, 0.29) is 11.4 Å². The van der Waals surface area contributed by atoms with Gasteiger partial charge >= 0.3 is 5.97 Å². The number of benzene rings is 3. The van der Waals surface area contributed by atoms with Crippen molar-refractivity contribution in [3.63, 3.8) is 0 Å². The average molecular weight is 495 g/mol. The number of hydrogen-bond acceptors (Lipinski definition) is 6. The first-order chi connectivity index (χ1) is 16.5. The van der Waals surface area contributed by atoms with Gasteiger partial charge < -0.3 is 13.9 Å². The highest BCUT2D eigenvalue weighted by Gasteiger charge is 2.33. The SMILES string of the molecule is CC(c1ccc2c(c1)C(C)(C)CO2)S(=O)(=O)O.O=C(Oc1cc2ccccc2o1)c1ccccc1. The molecule has 0 bridgehead atoms. The maximum Gasteiger partial charge on any atom is 0.345 e. The van der Waals surface area contributed by atoms with Crippen molar-refractivity contribution in [2.75, 3.05) is 6.61 Å². The van der Waals surface area contributed by atoms with Gasteiger partial charge in [0.05, 0.1) is 12.2 Å². The second kappa shape index (κ2) is 9.56. The Morgan fingerprint density at radius 2 is 1.69 bits per heavy atom. The molecule has 0 amide bonds. The molecule has 0 spiro atoms. The van der Waals surface area contributed by atoms with Crippen LogP contribution in [0.5, 0.6) is 11.7 Å². The second-order valence-electron chi connectivity index (χ2n) is 8.94. The Bertz CT molecular complexity index is 1420. The first-order valence-electron chi connectivity index (χ1n) is 11.0. The summed E-state index contributed by atoms with van der Waals surface area (Å²) in [5, 5.41) is -0.00226. The van der Waals surface area contributed by atoms with Crippen LogP contribution in [0, 0.1) is 0 Å². The predicted molar refractivity (Wildman–Crippen MR) is 133 cm³/mol. The van der Waals surface area contributed by atoms with Gasteiger partial charge in [0.25, 0.3) is 16.1 Å². The molecule has 1 N–H and O–H groups in total. The summed E-state index contributed by atoms with van der Waals surface area (Å²) in [5.41, 5.74) is 2.66. The van der Waals surface area contributed by atoms with Crippen LogP contribution in [0.25, 0.3) is 11.0 Å². The number of furan rings is 1. The van der Waals surface area contributed by atoms with Gasteiger partial charge in [-0.05, 0) is 36.8 Å². The van der Waals surface area contributed by atoms with Crippen LogP contribution < -0.4 is 9.47 Å². The number of fused-ring (bicyclic) bond motifs is 2. The molecule has 182 valence electrons. The molecule has 1 unspecified atom stereocenters. The molecular formula is C27H26O7S. The normalized spacial score (nSPS) is 14.9. The maximum absolute atomic E-state index is 11.8. The summed E-state index contributed by atoms with van der Waals surface area (Å²) in [4.78, 5) is 11.8. The maximum atomic E-state index is 11.8. The van der Waals surface area contributed by atoms with E-state index in [0.29, 0.717) is 23.3 Å². The Balaban J connectivity index is 0.000000165. The summed E-state index contributed by atoms with van der Waals surface area (Å²) < 4.78 is 47.4. The molecule has 1 atom stereocenters. The van der Waals surface area contributed by atoms with E-state index in [4.69, 9.17) is 18.4 Å². The lowest BCUT2D eigenvalue weighted by Crippen LogP contribution is -2.18. The molecule has 0 saturated heterocycles. The molecule has 4 aromatic rings. The van der Waals surface area contributed by atoms with Gasteiger partial charge in [0.15, 0.2) is 0 Å². The van der Waals surface area contributed by atoms with Crippen LogP contribution in [0.15, 0.2) is 83.3 Å². The first kappa shape index (κ1) is 24.5. The predicted octanol–water partition coefficient (Wildman–Crippen LogP) is 5.96. The minimum Gasteiger partial charge on any atom is -0.492 e. The summed E-state index contributed by atoms with van der Waals surface area (Å²) in [6.07, 6.45) is 0. The molecule has 8 heteroatoms. The first-order valence-corrected chi connectivity index (χ1v) is 12.5. The molecule has 0 aliphatic carbocycles. The van der Waals surface area contributed by atoms with Gasteiger partial charge in [-0.25, -0.2) is 4.79 Å². The molecule has 3 aromatic carbocycles. The second-order valence-corrected chi connectivity index (χ2v) is 10.7. The molecule has 5 rings (SSSR count). The van der Waals surface area contributed by atoms with Crippen molar-refractivity contribution >= 4 is 27.1 Å². The number of ether oxygens (including phenoxy) is 2. The number of para-hydroxylation sites is 1.